The molecule has 0 saturated carbocycles. The monoisotopic (exact) mass is 251 g/mol. The Kier molecular flexibility index (Phi) is 5.10. The number of aliphatic carboxylic acids is 1. The minimum atomic E-state index is -0.857. The molecule has 0 aromatic carbocycles. The second-order valence-corrected chi connectivity index (χ2v) is 4.03. The van der Waals surface area contributed by atoms with E-state index in [0.717, 1.165) is 0 Å². The third kappa shape index (κ3) is 4.04. The van der Waals surface area contributed by atoms with Crippen LogP contribution < -0.4 is 10.2 Å². The van der Waals surface area contributed by atoms with Crippen LogP contribution in [0.4, 0.5) is 10.5 Å². The van der Waals surface area contributed by atoms with E-state index in [1.807, 2.05) is 0 Å². The Labute approximate surface area is 106 Å². The Balaban J connectivity index is 2.40. The summed E-state index contributed by atoms with van der Waals surface area (Å²) in [5.41, 5.74) is 0.682. The molecule has 2 amide bonds. The second-order valence-electron chi connectivity index (χ2n) is 4.03. The number of carboxylic acids is 1. The van der Waals surface area contributed by atoms with Crippen LogP contribution in [0.15, 0.2) is 24.5 Å². The Morgan fingerprint density at radius 3 is 2.83 bits per heavy atom. The number of nitrogens with zero attached hydrogens (tertiary/aromatic N) is 2. The first kappa shape index (κ1) is 14.0. The van der Waals surface area contributed by atoms with Crippen molar-refractivity contribution in [3.8, 4) is 0 Å². The molecule has 1 aromatic heterocycles. The number of carboxylic acid groups (broad SMARTS) is 1. The van der Waals surface area contributed by atoms with Gasteiger partial charge in [0.1, 0.15) is 0 Å². The van der Waals surface area contributed by atoms with Crippen LogP contribution in [-0.2, 0) is 4.79 Å². The SMILES string of the molecule is CC(CCNC(=O)N(C)c1cccnc1)C(=O)O. The smallest absolute Gasteiger partial charge is 0.321 e. The first-order chi connectivity index (χ1) is 8.52. The van der Waals surface area contributed by atoms with Gasteiger partial charge < -0.3 is 10.4 Å². The lowest BCUT2D eigenvalue weighted by Gasteiger charge is -2.17. The minimum Gasteiger partial charge on any atom is -0.481 e. The Hall–Kier alpha value is -2.11. The topological polar surface area (TPSA) is 82.5 Å². The fraction of sp³-hybridized carbons (Fsp3) is 0.417. The lowest BCUT2D eigenvalue weighted by molar-refractivity contribution is -0.141. The predicted octanol–water partition coefficient (Wildman–Crippen LogP) is 1.34. The number of hydrogen-bond acceptors (Lipinski definition) is 3. The van der Waals surface area contributed by atoms with Gasteiger partial charge in [0.25, 0.3) is 0 Å². The van der Waals surface area contributed by atoms with Crippen molar-refractivity contribution in [2.45, 2.75) is 13.3 Å². The number of carbonyl (C=O) groups excluding carboxylic acids is 1. The van der Waals surface area contributed by atoms with Crippen molar-refractivity contribution >= 4 is 17.7 Å². The molecule has 18 heavy (non-hydrogen) atoms. The zero-order chi connectivity index (χ0) is 13.5. The van der Waals surface area contributed by atoms with Crippen LogP contribution >= 0.6 is 0 Å². The number of rotatable bonds is 5. The summed E-state index contributed by atoms with van der Waals surface area (Å²) in [6.45, 7) is 1.94. The summed E-state index contributed by atoms with van der Waals surface area (Å²) >= 11 is 0. The normalized spacial score (nSPS) is 11.7. The van der Waals surface area contributed by atoms with Crippen LogP contribution in [-0.4, -0.2) is 35.7 Å². The molecular formula is C12H17N3O3. The highest BCUT2D eigenvalue weighted by Crippen LogP contribution is 2.09. The molecule has 1 atom stereocenters. The van der Waals surface area contributed by atoms with E-state index in [9.17, 15) is 9.59 Å². The maximum Gasteiger partial charge on any atom is 0.321 e. The number of amides is 2. The summed E-state index contributed by atoms with van der Waals surface area (Å²) in [5.74, 6) is -1.32. The van der Waals surface area contributed by atoms with E-state index >= 15 is 0 Å². The van der Waals surface area contributed by atoms with Gasteiger partial charge >= 0.3 is 12.0 Å². The zero-order valence-electron chi connectivity index (χ0n) is 10.5. The van der Waals surface area contributed by atoms with Crippen LogP contribution in [0.2, 0.25) is 0 Å². The van der Waals surface area contributed by atoms with Crippen molar-refractivity contribution in [1.82, 2.24) is 10.3 Å². The van der Waals surface area contributed by atoms with Gasteiger partial charge in [-0.2, -0.15) is 0 Å². The van der Waals surface area contributed by atoms with Crippen LogP contribution in [0.3, 0.4) is 0 Å². The standard InChI is InChI=1S/C12H17N3O3/c1-9(11(16)17)5-7-14-12(18)15(2)10-4-3-6-13-8-10/h3-4,6,8-9H,5,7H2,1-2H3,(H,14,18)(H,16,17). The number of carbonyl (C=O) groups is 2. The molecule has 2 N–H and O–H groups in total. The Bertz CT molecular complexity index is 408. The summed E-state index contributed by atoms with van der Waals surface area (Å²) < 4.78 is 0. The van der Waals surface area contributed by atoms with Crippen molar-refractivity contribution < 1.29 is 14.7 Å². The van der Waals surface area contributed by atoms with Gasteiger partial charge in [0, 0.05) is 19.8 Å². The molecule has 0 bridgehead atoms. The van der Waals surface area contributed by atoms with Crippen molar-refractivity contribution in [1.29, 1.82) is 0 Å². The lowest BCUT2D eigenvalue weighted by Crippen LogP contribution is -2.38. The maximum atomic E-state index is 11.7. The molecule has 0 radical (unpaired) electrons. The van der Waals surface area contributed by atoms with Gasteiger partial charge in [-0.15, -0.1) is 0 Å². The first-order valence-corrected chi connectivity index (χ1v) is 5.66. The molecule has 98 valence electrons. The summed E-state index contributed by atoms with van der Waals surface area (Å²) in [6.07, 6.45) is 3.62. The van der Waals surface area contributed by atoms with Gasteiger partial charge in [-0.3, -0.25) is 14.7 Å². The van der Waals surface area contributed by atoms with Gasteiger partial charge in [0.15, 0.2) is 0 Å². The molecule has 1 heterocycles. The van der Waals surface area contributed by atoms with Gasteiger partial charge in [-0.05, 0) is 18.6 Å². The molecule has 0 spiro atoms. The molecule has 0 saturated heterocycles. The highest BCUT2D eigenvalue weighted by molar-refractivity contribution is 5.91. The number of urea groups is 1. The fourth-order valence-electron chi connectivity index (χ4n) is 1.31. The van der Waals surface area contributed by atoms with E-state index in [1.54, 1.807) is 38.5 Å². The average molecular weight is 251 g/mol. The van der Waals surface area contributed by atoms with E-state index in [1.165, 1.54) is 4.90 Å². The Morgan fingerprint density at radius 1 is 1.56 bits per heavy atom. The van der Waals surface area contributed by atoms with Crippen LogP contribution in [0.25, 0.3) is 0 Å². The molecule has 6 heteroatoms. The van der Waals surface area contributed by atoms with Crippen LogP contribution in [0.5, 0.6) is 0 Å². The third-order valence-corrected chi connectivity index (χ3v) is 2.61. The predicted molar refractivity (Wildman–Crippen MR) is 67.5 cm³/mol. The summed E-state index contributed by atoms with van der Waals surface area (Å²) in [6, 6.07) is 3.23. The van der Waals surface area contributed by atoms with E-state index < -0.39 is 11.9 Å². The van der Waals surface area contributed by atoms with E-state index in [4.69, 9.17) is 5.11 Å². The van der Waals surface area contributed by atoms with E-state index in [-0.39, 0.29) is 6.03 Å². The average Bonchev–Trinajstić information content (AvgIpc) is 2.38. The van der Waals surface area contributed by atoms with Crippen LogP contribution in [0, 0.1) is 5.92 Å². The first-order valence-electron chi connectivity index (χ1n) is 5.66. The molecule has 6 nitrogen and oxygen atoms in total. The molecule has 0 aliphatic carbocycles. The largest absolute Gasteiger partial charge is 0.481 e. The highest BCUT2D eigenvalue weighted by Gasteiger charge is 2.13. The summed E-state index contributed by atoms with van der Waals surface area (Å²) in [5, 5.41) is 11.4. The second kappa shape index (κ2) is 6.58. The molecule has 1 unspecified atom stereocenters. The van der Waals surface area contributed by atoms with Crippen molar-refractivity contribution in [3.63, 3.8) is 0 Å². The molecule has 1 rings (SSSR count). The number of nitrogens with one attached hydrogen (secondary N) is 1. The zero-order valence-corrected chi connectivity index (χ0v) is 10.5. The third-order valence-electron chi connectivity index (χ3n) is 2.61. The number of pyridine rings is 1. The quantitative estimate of drug-likeness (QED) is 0.827. The van der Waals surface area contributed by atoms with E-state index in [2.05, 4.69) is 10.3 Å². The lowest BCUT2D eigenvalue weighted by atomic mass is 10.1. The minimum absolute atomic E-state index is 0.277. The van der Waals surface area contributed by atoms with Gasteiger partial charge in [-0.1, -0.05) is 6.92 Å². The van der Waals surface area contributed by atoms with Crippen molar-refractivity contribution in [2.75, 3.05) is 18.5 Å². The number of hydrogen-bond donors (Lipinski definition) is 2. The fourth-order valence-corrected chi connectivity index (χ4v) is 1.31. The number of aromatic nitrogens is 1. The molecule has 0 aliphatic rings. The molecule has 0 fully saturated rings. The van der Waals surface area contributed by atoms with Gasteiger partial charge in [-0.25, -0.2) is 4.79 Å². The molecular weight excluding hydrogens is 234 g/mol. The van der Waals surface area contributed by atoms with Gasteiger partial charge in [0.2, 0.25) is 0 Å². The summed E-state index contributed by atoms with van der Waals surface area (Å²) in [4.78, 5) is 27.7. The highest BCUT2D eigenvalue weighted by atomic mass is 16.4. The van der Waals surface area contributed by atoms with Crippen molar-refractivity contribution in [3.05, 3.63) is 24.5 Å². The Morgan fingerprint density at radius 2 is 2.28 bits per heavy atom. The van der Waals surface area contributed by atoms with Crippen LogP contribution in [0.1, 0.15) is 13.3 Å². The maximum absolute atomic E-state index is 11.7. The van der Waals surface area contributed by atoms with Gasteiger partial charge in [0.05, 0.1) is 17.8 Å². The van der Waals surface area contributed by atoms with Crippen molar-refractivity contribution in [2.24, 2.45) is 5.92 Å². The van der Waals surface area contributed by atoms with E-state index in [0.29, 0.717) is 18.7 Å². The summed E-state index contributed by atoms with van der Waals surface area (Å²) in [7, 11) is 1.63. The molecule has 1 aromatic rings. The number of anilines is 1. The molecule has 0 aliphatic heterocycles.